The van der Waals surface area contributed by atoms with Crippen molar-refractivity contribution < 1.29 is 0 Å². The first-order valence-electron chi connectivity index (χ1n) is 5.25. The Bertz CT molecular complexity index is 421. The van der Waals surface area contributed by atoms with Gasteiger partial charge in [-0.05, 0) is 11.8 Å². The fourth-order valence-electron chi connectivity index (χ4n) is 2.07. The van der Waals surface area contributed by atoms with E-state index >= 15 is 0 Å². The maximum Gasteiger partial charge on any atom is 0.328 e. The largest absolute Gasteiger partial charge is 0.328 e. The first kappa shape index (κ1) is 11.8. The van der Waals surface area contributed by atoms with E-state index < -0.39 is 0 Å². The molecule has 0 saturated carbocycles. The van der Waals surface area contributed by atoms with E-state index in [-0.39, 0.29) is 17.3 Å². The molecule has 0 atom stereocenters. The summed E-state index contributed by atoms with van der Waals surface area (Å²) >= 11 is 0. The van der Waals surface area contributed by atoms with Crippen molar-refractivity contribution in [3.63, 3.8) is 0 Å². The van der Waals surface area contributed by atoms with Gasteiger partial charge < -0.3 is 0 Å². The number of nitrogens with one attached hydrogen (secondary N) is 1. The second-order valence-corrected chi connectivity index (χ2v) is 4.50. The van der Waals surface area contributed by atoms with E-state index in [0.29, 0.717) is 11.8 Å². The van der Waals surface area contributed by atoms with Crippen LogP contribution < -0.4 is 11.2 Å². The molecule has 4 nitrogen and oxygen atoms in total. The van der Waals surface area contributed by atoms with E-state index in [4.69, 9.17) is 0 Å². The Morgan fingerprint density at radius 1 is 1.13 bits per heavy atom. The van der Waals surface area contributed by atoms with Crippen LogP contribution in [0.2, 0.25) is 0 Å². The zero-order valence-corrected chi connectivity index (χ0v) is 9.65. The Kier molecular flexibility index (Phi) is 3.50. The minimum atomic E-state index is -0.345. The van der Waals surface area contributed by atoms with Gasteiger partial charge in [-0.25, -0.2) is 4.79 Å². The first-order chi connectivity index (χ1) is 6.93. The van der Waals surface area contributed by atoms with E-state index in [1.54, 1.807) is 10.8 Å². The molecule has 0 spiro atoms. The van der Waals surface area contributed by atoms with E-state index in [1.165, 1.54) is 6.07 Å². The van der Waals surface area contributed by atoms with Crippen molar-refractivity contribution in [1.29, 1.82) is 0 Å². The van der Waals surface area contributed by atoms with Crippen molar-refractivity contribution in [3.8, 4) is 0 Å². The van der Waals surface area contributed by atoms with Crippen LogP contribution in [-0.2, 0) is 0 Å². The monoisotopic (exact) mass is 210 g/mol. The van der Waals surface area contributed by atoms with Crippen molar-refractivity contribution in [2.75, 3.05) is 0 Å². The van der Waals surface area contributed by atoms with Crippen LogP contribution in [0.15, 0.2) is 21.9 Å². The lowest BCUT2D eigenvalue weighted by atomic mass is 9.93. The molecular weight excluding hydrogens is 192 g/mol. The highest BCUT2D eigenvalue weighted by Crippen LogP contribution is 2.23. The van der Waals surface area contributed by atoms with E-state index in [1.807, 2.05) is 0 Å². The molecule has 0 unspecified atom stereocenters. The molecule has 15 heavy (non-hydrogen) atoms. The molecule has 0 aliphatic carbocycles. The van der Waals surface area contributed by atoms with Gasteiger partial charge in [-0.3, -0.25) is 14.3 Å². The molecule has 0 amide bonds. The fourth-order valence-corrected chi connectivity index (χ4v) is 2.07. The predicted molar refractivity (Wildman–Crippen MR) is 60.0 cm³/mol. The maximum atomic E-state index is 11.6. The molecular formula is C11H18N2O2. The van der Waals surface area contributed by atoms with Crippen molar-refractivity contribution in [2.24, 2.45) is 11.8 Å². The summed E-state index contributed by atoms with van der Waals surface area (Å²) in [5, 5.41) is 0. The van der Waals surface area contributed by atoms with Crippen LogP contribution in [0.1, 0.15) is 33.7 Å². The SMILES string of the molecule is CC(C)C(C(C)C)n1ccc(=O)[nH]c1=O. The van der Waals surface area contributed by atoms with Crippen molar-refractivity contribution >= 4 is 0 Å². The fraction of sp³-hybridized carbons (Fsp3) is 0.636. The van der Waals surface area contributed by atoms with Crippen LogP contribution >= 0.6 is 0 Å². The number of H-pyrrole nitrogens is 1. The predicted octanol–water partition coefficient (Wildman–Crippen LogP) is 1.39. The quantitative estimate of drug-likeness (QED) is 0.819. The van der Waals surface area contributed by atoms with Crippen LogP contribution in [0.3, 0.4) is 0 Å². The lowest BCUT2D eigenvalue weighted by Gasteiger charge is -2.26. The summed E-state index contributed by atoms with van der Waals surface area (Å²) in [6.45, 7) is 8.29. The standard InChI is InChI=1S/C11H18N2O2/c1-7(2)10(8(3)4)13-6-5-9(14)12-11(13)15/h5-8,10H,1-4H3,(H,12,14,15). The van der Waals surface area contributed by atoms with Crippen molar-refractivity contribution in [2.45, 2.75) is 33.7 Å². The minimum absolute atomic E-state index is 0.120. The van der Waals surface area contributed by atoms with Crippen molar-refractivity contribution in [1.82, 2.24) is 9.55 Å². The minimum Gasteiger partial charge on any atom is -0.297 e. The zero-order valence-electron chi connectivity index (χ0n) is 9.65. The lowest BCUT2D eigenvalue weighted by molar-refractivity contribution is 0.277. The van der Waals surface area contributed by atoms with Crippen LogP contribution in [-0.4, -0.2) is 9.55 Å². The molecule has 0 radical (unpaired) electrons. The molecule has 4 heteroatoms. The molecule has 0 aromatic carbocycles. The Morgan fingerprint density at radius 3 is 2.07 bits per heavy atom. The first-order valence-corrected chi connectivity index (χ1v) is 5.25. The topological polar surface area (TPSA) is 54.9 Å². The summed E-state index contributed by atoms with van der Waals surface area (Å²) in [5.74, 6) is 0.710. The summed E-state index contributed by atoms with van der Waals surface area (Å²) in [4.78, 5) is 24.8. The summed E-state index contributed by atoms with van der Waals surface area (Å²) < 4.78 is 1.61. The van der Waals surface area contributed by atoms with Gasteiger partial charge in [0.2, 0.25) is 0 Å². The lowest BCUT2D eigenvalue weighted by Crippen LogP contribution is -2.35. The molecule has 0 saturated heterocycles. The second kappa shape index (κ2) is 4.47. The summed E-state index contributed by atoms with van der Waals surface area (Å²) in [5.41, 5.74) is -0.669. The molecule has 1 rings (SSSR count). The van der Waals surface area contributed by atoms with Gasteiger partial charge in [0, 0.05) is 18.3 Å². The molecule has 0 aliphatic heterocycles. The summed E-state index contributed by atoms with van der Waals surface area (Å²) in [6.07, 6.45) is 1.58. The van der Waals surface area contributed by atoms with Crippen LogP contribution in [0.5, 0.6) is 0 Å². The average Bonchev–Trinajstić information content (AvgIpc) is 2.08. The number of aromatic amines is 1. The third-order valence-corrected chi connectivity index (χ3v) is 2.54. The summed E-state index contributed by atoms with van der Waals surface area (Å²) in [7, 11) is 0. The smallest absolute Gasteiger partial charge is 0.297 e. The second-order valence-electron chi connectivity index (χ2n) is 4.50. The van der Waals surface area contributed by atoms with Crippen LogP contribution in [0, 0.1) is 11.8 Å². The van der Waals surface area contributed by atoms with E-state index in [9.17, 15) is 9.59 Å². The molecule has 0 bridgehead atoms. The number of nitrogens with zero attached hydrogens (tertiary/aromatic N) is 1. The average molecular weight is 210 g/mol. The van der Waals surface area contributed by atoms with Gasteiger partial charge in [0.1, 0.15) is 0 Å². The Morgan fingerprint density at radius 2 is 1.67 bits per heavy atom. The van der Waals surface area contributed by atoms with Gasteiger partial charge in [-0.15, -0.1) is 0 Å². The van der Waals surface area contributed by atoms with Gasteiger partial charge in [-0.2, -0.15) is 0 Å². The van der Waals surface area contributed by atoms with Crippen LogP contribution in [0.25, 0.3) is 0 Å². The third-order valence-electron chi connectivity index (χ3n) is 2.54. The Balaban J connectivity index is 3.24. The maximum absolute atomic E-state index is 11.6. The van der Waals surface area contributed by atoms with Gasteiger partial charge in [0.15, 0.2) is 0 Å². The molecule has 0 fully saturated rings. The zero-order chi connectivity index (χ0) is 11.6. The number of rotatable bonds is 3. The van der Waals surface area contributed by atoms with Crippen LogP contribution in [0.4, 0.5) is 0 Å². The number of hydrogen-bond acceptors (Lipinski definition) is 2. The van der Waals surface area contributed by atoms with E-state index in [2.05, 4.69) is 32.7 Å². The summed E-state index contributed by atoms with van der Waals surface area (Å²) in [6, 6.07) is 1.51. The Hall–Kier alpha value is -1.32. The Labute approximate surface area is 89.0 Å². The molecule has 1 aromatic rings. The van der Waals surface area contributed by atoms with Gasteiger partial charge in [0.05, 0.1) is 0 Å². The molecule has 84 valence electrons. The normalized spacial score (nSPS) is 11.7. The molecule has 1 N–H and O–H groups in total. The number of aromatic nitrogens is 2. The van der Waals surface area contributed by atoms with Gasteiger partial charge in [-0.1, -0.05) is 27.7 Å². The highest BCUT2D eigenvalue weighted by molar-refractivity contribution is 4.87. The molecule has 0 aliphatic rings. The molecule has 1 heterocycles. The van der Waals surface area contributed by atoms with Gasteiger partial charge in [0.25, 0.3) is 5.56 Å². The number of hydrogen-bond donors (Lipinski definition) is 1. The van der Waals surface area contributed by atoms with E-state index in [0.717, 1.165) is 0 Å². The highest BCUT2D eigenvalue weighted by Gasteiger charge is 2.20. The third kappa shape index (κ3) is 2.58. The van der Waals surface area contributed by atoms with Crippen molar-refractivity contribution in [3.05, 3.63) is 33.1 Å². The van der Waals surface area contributed by atoms with Gasteiger partial charge >= 0.3 is 5.69 Å². The molecule has 1 aromatic heterocycles. The highest BCUT2D eigenvalue weighted by atomic mass is 16.2.